The molecule has 8 heteroatoms. The van der Waals surface area contributed by atoms with Crippen molar-refractivity contribution in [2.75, 3.05) is 5.32 Å². The first kappa shape index (κ1) is 21.7. The van der Waals surface area contributed by atoms with Gasteiger partial charge in [-0.1, -0.05) is 0 Å². The van der Waals surface area contributed by atoms with Crippen molar-refractivity contribution < 1.29 is 23.9 Å². The Morgan fingerprint density at radius 1 is 1.17 bits per heavy atom. The number of nitrogens with one attached hydrogen (secondary N) is 2. The number of Topliss-reactive ketones (excluding diaryl/α,β-unsaturated/α-hetero) is 1. The zero-order chi connectivity index (χ0) is 22.2. The number of rotatable bonds is 5. The van der Waals surface area contributed by atoms with Gasteiger partial charge in [0, 0.05) is 18.4 Å². The highest BCUT2D eigenvalue weighted by molar-refractivity contribution is 6.43. The van der Waals surface area contributed by atoms with E-state index in [1.807, 2.05) is 0 Å². The van der Waals surface area contributed by atoms with E-state index in [2.05, 4.69) is 10.6 Å². The molecule has 30 heavy (non-hydrogen) atoms. The third-order valence-corrected chi connectivity index (χ3v) is 5.79. The number of nitrogens with zero attached hydrogens (tertiary/aromatic N) is 1. The Bertz CT molecular complexity index is 1030. The smallest absolute Gasteiger partial charge is 0.294 e. The number of hydrogen-bond acceptors (Lipinski definition) is 4. The van der Waals surface area contributed by atoms with Crippen LogP contribution in [0.3, 0.4) is 0 Å². The maximum Gasteiger partial charge on any atom is 0.294 e. The van der Waals surface area contributed by atoms with Crippen molar-refractivity contribution in [3.8, 4) is 0 Å². The molecule has 2 amide bonds. The van der Waals surface area contributed by atoms with Gasteiger partial charge >= 0.3 is 0 Å². The van der Waals surface area contributed by atoms with Gasteiger partial charge in [0.05, 0.1) is 23.4 Å². The number of aromatic nitrogens is 1. The van der Waals surface area contributed by atoms with Crippen LogP contribution in [0.4, 0.5) is 10.1 Å². The molecule has 0 aliphatic heterocycles. The van der Waals surface area contributed by atoms with Crippen molar-refractivity contribution in [3.63, 3.8) is 0 Å². The number of aliphatic hydroxyl groups excluding tert-OH is 1. The van der Waals surface area contributed by atoms with E-state index in [0.29, 0.717) is 35.3 Å². The Labute approximate surface area is 174 Å². The zero-order valence-electron chi connectivity index (χ0n) is 17.5. The third-order valence-electron chi connectivity index (χ3n) is 5.79. The van der Waals surface area contributed by atoms with Gasteiger partial charge in [-0.15, -0.1) is 0 Å². The first-order valence-electron chi connectivity index (χ1n) is 9.88. The largest absolute Gasteiger partial charge is 0.391 e. The van der Waals surface area contributed by atoms with Gasteiger partial charge in [0.1, 0.15) is 5.82 Å². The molecule has 0 radical (unpaired) electrons. The molecule has 1 aromatic carbocycles. The fraction of sp³-hybridized carbons (Fsp3) is 0.409. The van der Waals surface area contributed by atoms with Crippen molar-refractivity contribution in [2.45, 2.75) is 52.2 Å². The summed E-state index contributed by atoms with van der Waals surface area (Å²) in [6, 6.07) is 3.81. The van der Waals surface area contributed by atoms with Crippen molar-refractivity contribution >= 4 is 23.3 Å². The summed E-state index contributed by atoms with van der Waals surface area (Å²) in [4.78, 5) is 38.2. The highest BCUT2D eigenvalue weighted by Crippen LogP contribution is 2.24. The molecule has 2 atom stereocenters. The number of anilines is 1. The summed E-state index contributed by atoms with van der Waals surface area (Å²) in [7, 11) is 1.62. The van der Waals surface area contributed by atoms with Crippen LogP contribution in [0.15, 0.2) is 18.2 Å². The molecule has 160 valence electrons. The lowest BCUT2D eigenvalue weighted by Crippen LogP contribution is -2.43. The lowest BCUT2D eigenvalue weighted by molar-refractivity contribution is -0.118. The molecule has 2 aromatic rings. The molecule has 0 saturated heterocycles. The van der Waals surface area contributed by atoms with Crippen LogP contribution in [0.25, 0.3) is 0 Å². The van der Waals surface area contributed by atoms with Crippen LogP contribution in [0.2, 0.25) is 0 Å². The van der Waals surface area contributed by atoms with E-state index in [1.54, 1.807) is 27.8 Å². The number of halogens is 1. The average Bonchev–Trinajstić information content (AvgIpc) is 3.18. The van der Waals surface area contributed by atoms with Gasteiger partial charge in [-0.3, -0.25) is 14.4 Å². The second kappa shape index (κ2) is 8.39. The van der Waals surface area contributed by atoms with Crippen LogP contribution < -0.4 is 10.6 Å². The molecule has 3 rings (SSSR count). The van der Waals surface area contributed by atoms with Gasteiger partial charge in [0.15, 0.2) is 0 Å². The van der Waals surface area contributed by atoms with Crippen molar-refractivity contribution in [2.24, 2.45) is 7.05 Å². The van der Waals surface area contributed by atoms with Crippen molar-refractivity contribution in [3.05, 3.63) is 52.1 Å². The maximum atomic E-state index is 13.5. The third kappa shape index (κ3) is 4.00. The topological polar surface area (TPSA) is 100 Å². The zero-order valence-corrected chi connectivity index (χ0v) is 17.5. The second-order valence-corrected chi connectivity index (χ2v) is 7.82. The van der Waals surface area contributed by atoms with E-state index in [-0.39, 0.29) is 17.1 Å². The summed E-state index contributed by atoms with van der Waals surface area (Å²) in [5, 5.41) is 15.2. The van der Waals surface area contributed by atoms with Crippen LogP contribution in [-0.2, 0) is 11.8 Å². The minimum atomic E-state index is -0.800. The summed E-state index contributed by atoms with van der Waals surface area (Å²) < 4.78 is 15.0. The number of carbonyl (C=O) groups is 3. The quantitative estimate of drug-likeness (QED) is 0.516. The highest BCUT2D eigenvalue weighted by Gasteiger charge is 2.32. The first-order valence-corrected chi connectivity index (χ1v) is 9.88. The summed E-state index contributed by atoms with van der Waals surface area (Å²) >= 11 is 0. The van der Waals surface area contributed by atoms with E-state index >= 15 is 0 Å². The van der Waals surface area contributed by atoms with E-state index in [4.69, 9.17) is 0 Å². The molecule has 1 aliphatic rings. The van der Waals surface area contributed by atoms with Crippen LogP contribution in [0.1, 0.15) is 56.9 Å². The Hall–Kier alpha value is -3.00. The number of aliphatic hydroxyl groups is 1. The van der Waals surface area contributed by atoms with Crippen molar-refractivity contribution in [1.82, 2.24) is 9.88 Å². The Balaban J connectivity index is 1.85. The number of amides is 2. The predicted octanol–water partition coefficient (Wildman–Crippen LogP) is 2.55. The number of ketones is 1. The molecule has 0 bridgehead atoms. The van der Waals surface area contributed by atoms with E-state index in [9.17, 15) is 23.9 Å². The molecule has 1 fully saturated rings. The van der Waals surface area contributed by atoms with Crippen LogP contribution in [-0.4, -0.2) is 39.4 Å². The number of benzene rings is 1. The molecular formula is C22H26FN3O4. The summed E-state index contributed by atoms with van der Waals surface area (Å²) in [6.45, 7) is 4.90. The standard InChI is InChI=1S/C22H26FN3O4/c1-11-10-14(8-9-15(11)23)24-21(29)18-12(2)19(26(4)13(18)3)20(28)22(30)25-16-6-5-7-17(16)27/h8-10,16-17,27H,5-7H2,1-4H3,(H,24,29)(H,25,30)/t16-,17-/m0/s1. The van der Waals surface area contributed by atoms with Gasteiger partial charge in [0.25, 0.3) is 17.6 Å². The molecule has 1 aromatic heterocycles. The molecule has 1 saturated carbocycles. The highest BCUT2D eigenvalue weighted by atomic mass is 19.1. The Morgan fingerprint density at radius 2 is 1.87 bits per heavy atom. The molecule has 1 aliphatic carbocycles. The Morgan fingerprint density at radius 3 is 2.47 bits per heavy atom. The monoisotopic (exact) mass is 415 g/mol. The summed E-state index contributed by atoms with van der Waals surface area (Å²) in [6.07, 6.45) is 1.35. The second-order valence-electron chi connectivity index (χ2n) is 7.82. The van der Waals surface area contributed by atoms with E-state index in [0.717, 1.165) is 6.42 Å². The van der Waals surface area contributed by atoms with Crippen LogP contribution >= 0.6 is 0 Å². The lowest BCUT2D eigenvalue weighted by Gasteiger charge is -2.16. The van der Waals surface area contributed by atoms with Gasteiger partial charge in [-0.2, -0.15) is 0 Å². The average molecular weight is 415 g/mol. The number of aryl methyl sites for hydroxylation is 1. The molecule has 3 N–H and O–H groups in total. The molecule has 0 spiro atoms. The first-order chi connectivity index (χ1) is 14.1. The molecular weight excluding hydrogens is 389 g/mol. The fourth-order valence-electron chi connectivity index (χ4n) is 4.00. The van der Waals surface area contributed by atoms with Gasteiger partial charge in [0.2, 0.25) is 0 Å². The molecule has 1 heterocycles. The molecule has 7 nitrogen and oxygen atoms in total. The summed E-state index contributed by atoms with van der Waals surface area (Å²) in [5.41, 5.74) is 2.16. The predicted molar refractivity (Wildman–Crippen MR) is 110 cm³/mol. The summed E-state index contributed by atoms with van der Waals surface area (Å²) in [5.74, 6) is -2.37. The number of carbonyl (C=O) groups excluding carboxylic acids is 3. The van der Waals surface area contributed by atoms with E-state index in [1.165, 1.54) is 22.8 Å². The van der Waals surface area contributed by atoms with E-state index < -0.39 is 29.7 Å². The minimum absolute atomic E-state index is 0.123. The van der Waals surface area contributed by atoms with Crippen molar-refractivity contribution in [1.29, 1.82) is 0 Å². The SMILES string of the molecule is Cc1cc(NC(=O)c2c(C)c(C(=O)C(=O)N[C@H]3CCC[C@@H]3O)n(C)c2C)ccc1F. The van der Waals surface area contributed by atoms with Gasteiger partial charge in [-0.25, -0.2) is 4.39 Å². The Kier molecular flexibility index (Phi) is 6.07. The normalized spacial score (nSPS) is 18.3. The number of hydrogen-bond donors (Lipinski definition) is 3. The molecule has 0 unspecified atom stereocenters. The van der Waals surface area contributed by atoms with Crippen LogP contribution in [0.5, 0.6) is 0 Å². The van der Waals surface area contributed by atoms with Gasteiger partial charge < -0.3 is 20.3 Å². The maximum absolute atomic E-state index is 13.5. The minimum Gasteiger partial charge on any atom is -0.391 e. The van der Waals surface area contributed by atoms with Gasteiger partial charge in [-0.05, 0) is 69.4 Å². The van der Waals surface area contributed by atoms with Crippen LogP contribution in [0, 0.1) is 26.6 Å². The fourth-order valence-corrected chi connectivity index (χ4v) is 4.00. The lowest BCUT2D eigenvalue weighted by atomic mass is 10.1.